The highest BCUT2D eigenvalue weighted by Gasteiger charge is 2.36. The number of aryl methyl sites for hydroxylation is 1. The molecule has 0 bridgehead atoms. The minimum atomic E-state index is 0.169. The third-order valence-corrected chi connectivity index (χ3v) is 5.65. The monoisotopic (exact) mass is 269 g/mol. The van der Waals surface area contributed by atoms with E-state index in [-0.39, 0.29) is 4.75 Å². The average molecular weight is 269 g/mol. The Hall–Kier alpha value is -0.350. The summed E-state index contributed by atoms with van der Waals surface area (Å²) in [7, 11) is 0. The fourth-order valence-electron chi connectivity index (χ4n) is 2.42. The van der Waals surface area contributed by atoms with Crippen LogP contribution in [0.1, 0.15) is 37.6 Å². The molecule has 1 aromatic heterocycles. The van der Waals surface area contributed by atoms with Gasteiger partial charge in [-0.2, -0.15) is 11.8 Å². The lowest BCUT2D eigenvalue weighted by Gasteiger charge is -2.35. The van der Waals surface area contributed by atoms with Crippen LogP contribution in [-0.4, -0.2) is 22.4 Å². The predicted molar refractivity (Wildman–Crippen MR) is 77.4 cm³/mol. The molecule has 0 saturated carbocycles. The van der Waals surface area contributed by atoms with Crippen LogP contribution in [0.15, 0.2) is 15.5 Å². The van der Waals surface area contributed by atoms with E-state index in [1.165, 1.54) is 29.7 Å². The van der Waals surface area contributed by atoms with Crippen LogP contribution < -0.4 is 0 Å². The standard InChI is InChI=1S/C13H19NOS2/c1-9-8-10(15-14-9)12-11(16-3)6-5-7-13(12,2)17-4/h8H,5-7H2,1-4H3. The first-order valence-electron chi connectivity index (χ1n) is 5.87. The summed E-state index contributed by atoms with van der Waals surface area (Å²) in [4.78, 5) is 1.46. The van der Waals surface area contributed by atoms with Gasteiger partial charge in [0.2, 0.25) is 0 Å². The van der Waals surface area contributed by atoms with E-state index in [0.717, 1.165) is 11.5 Å². The zero-order valence-corrected chi connectivity index (χ0v) is 12.5. The van der Waals surface area contributed by atoms with Crippen molar-refractivity contribution < 1.29 is 4.52 Å². The van der Waals surface area contributed by atoms with E-state index < -0.39 is 0 Å². The summed E-state index contributed by atoms with van der Waals surface area (Å²) in [6.07, 6.45) is 8.00. The molecular weight excluding hydrogens is 250 g/mol. The van der Waals surface area contributed by atoms with E-state index in [2.05, 4.69) is 30.7 Å². The number of hydrogen-bond acceptors (Lipinski definition) is 4. The third kappa shape index (κ3) is 2.43. The SMILES string of the molecule is CSC1=C(c2cc(C)no2)C(C)(SC)CCC1. The second-order valence-electron chi connectivity index (χ2n) is 4.62. The second kappa shape index (κ2) is 5.11. The van der Waals surface area contributed by atoms with E-state index >= 15 is 0 Å². The number of nitrogens with zero attached hydrogens (tertiary/aromatic N) is 1. The molecule has 0 aromatic carbocycles. The van der Waals surface area contributed by atoms with E-state index in [1.807, 2.05) is 30.4 Å². The fourth-order valence-corrected chi connectivity index (χ4v) is 4.14. The van der Waals surface area contributed by atoms with Crippen molar-refractivity contribution in [2.45, 2.75) is 37.9 Å². The van der Waals surface area contributed by atoms with Crippen molar-refractivity contribution in [3.05, 3.63) is 22.4 Å². The summed E-state index contributed by atoms with van der Waals surface area (Å²) in [6.45, 7) is 4.30. The largest absolute Gasteiger partial charge is 0.356 e. The van der Waals surface area contributed by atoms with E-state index in [4.69, 9.17) is 4.52 Å². The van der Waals surface area contributed by atoms with E-state index in [0.29, 0.717) is 0 Å². The van der Waals surface area contributed by atoms with Crippen LogP contribution >= 0.6 is 23.5 Å². The zero-order chi connectivity index (χ0) is 12.5. The van der Waals surface area contributed by atoms with Crippen molar-refractivity contribution in [1.29, 1.82) is 0 Å². The van der Waals surface area contributed by atoms with Crippen LogP contribution in [0, 0.1) is 6.92 Å². The summed E-state index contributed by atoms with van der Waals surface area (Å²) >= 11 is 3.77. The molecule has 4 heteroatoms. The van der Waals surface area contributed by atoms with Gasteiger partial charge in [0.15, 0.2) is 5.76 Å². The molecule has 1 aliphatic rings. The normalized spacial score (nSPS) is 25.4. The van der Waals surface area contributed by atoms with Gasteiger partial charge in [0.05, 0.1) is 5.69 Å². The topological polar surface area (TPSA) is 26.0 Å². The maximum atomic E-state index is 5.50. The average Bonchev–Trinajstić information content (AvgIpc) is 2.75. The van der Waals surface area contributed by atoms with E-state index in [1.54, 1.807) is 0 Å². The molecule has 1 unspecified atom stereocenters. The lowest BCUT2D eigenvalue weighted by Crippen LogP contribution is -2.26. The molecule has 1 atom stereocenters. The van der Waals surface area contributed by atoms with Crippen LogP contribution in [0.4, 0.5) is 0 Å². The van der Waals surface area contributed by atoms with Crippen molar-refractivity contribution in [1.82, 2.24) is 5.16 Å². The second-order valence-corrected chi connectivity index (χ2v) is 6.83. The number of aromatic nitrogens is 1. The molecule has 0 aliphatic heterocycles. The van der Waals surface area contributed by atoms with Crippen molar-refractivity contribution in [3.63, 3.8) is 0 Å². The lowest BCUT2D eigenvalue weighted by molar-refractivity contribution is 0.400. The fraction of sp³-hybridized carbons (Fsp3) is 0.615. The van der Waals surface area contributed by atoms with E-state index in [9.17, 15) is 0 Å². The van der Waals surface area contributed by atoms with Gasteiger partial charge in [-0.15, -0.1) is 11.8 Å². The quantitative estimate of drug-likeness (QED) is 0.814. The summed E-state index contributed by atoms with van der Waals surface area (Å²) in [6, 6.07) is 2.06. The van der Waals surface area contributed by atoms with Gasteiger partial charge >= 0.3 is 0 Å². The smallest absolute Gasteiger partial charge is 0.165 e. The van der Waals surface area contributed by atoms with Crippen molar-refractivity contribution in [3.8, 4) is 0 Å². The van der Waals surface area contributed by atoms with Gasteiger partial charge in [-0.25, -0.2) is 0 Å². The van der Waals surface area contributed by atoms with Crippen LogP contribution in [0.25, 0.3) is 5.57 Å². The minimum Gasteiger partial charge on any atom is -0.356 e. The van der Waals surface area contributed by atoms with Crippen molar-refractivity contribution >= 4 is 29.1 Å². The van der Waals surface area contributed by atoms with Gasteiger partial charge in [0.25, 0.3) is 0 Å². The molecule has 0 amide bonds. The molecule has 1 aromatic rings. The van der Waals surface area contributed by atoms with Crippen molar-refractivity contribution in [2.24, 2.45) is 0 Å². The Morgan fingerprint density at radius 1 is 1.41 bits per heavy atom. The highest BCUT2D eigenvalue weighted by Crippen LogP contribution is 2.49. The molecule has 2 rings (SSSR count). The molecule has 0 radical (unpaired) electrons. The molecule has 94 valence electrons. The Labute approximate surface area is 112 Å². The first-order chi connectivity index (χ1) is 8.10. The van der Waals surface area contributed by atoms with Gasteiger partial charge in [0.1, 0.15) is 0 Å². The summed E-state index contributed by atoms with van der Waals surface area (Å²) in [5.41, 5.74) is 2.33. The van der Waals surface area contributed by atoms with Crippen LogP contribution in [0.2, 0.25) is 0 Å². The highest BCUT2D eigenvalue weighted by molar-refractivity contribution is 8.03. The Morgan fingerprint density at radius 2 is 2.18 bits per heavy atom. The molecular formula is C13H19NOS2. The molecule has 1 aliphatic carbocycles. The molecule has 0 N–H and O–H groups in total. The van der Waals surface area contributed by atoms with Gasteiger partial charge in [-0.1, -0.05) is 5.16 Å². The first-order valence-corrected chi connectivity index (χ1v) is 8.32. The number of thioether (sulfide) groups is 2. The molecule has 17 heavy (non-hydrogen) atoms. The Morgan fingerprint density at radius 3 is 2.71 bits per heavy atom. The Bertz CT molecular complexity index is 438. The van der Waals surface area contributed by atoms with Gasteiger partial charge < -0.3 is 4.52 Å². The van der Waals surface area contributed by atoms with Gasteiger partial charge in [0, 0.05) is 16.4 Å². The number of rotatable bonds is 3. The Balaban J connectivity index is 2.52. The summed E-state index contributed by atoms with van der Waals surface area (Å²) in [5.74, 6) is 0.961. The number of hydrogen-bond donors (Lipinski definition) is 0. The number of allylic oxidation sites excluding steroid dienone is 1. The highest BCUT2D eigenvalue weighted by atomic mass is 32.2. The van der Waals surface area contributed by atoms with Gasteiger partial charge in [-0.05, 0) is 50.5 Å². The maximum Gasteiger partial charge on any atom is 0.165 e. The maximum absolute atomic E-state index is 5.50. The predicted octanol–water partition coefficient (Wildman–Crippen LogP) is 4.36. The van der Waals surface area contributed by atoms with Crippen LogP contribution in [0.5, 0.6) is 0 Å². The summed E-state index contributed by atoms with van der Waals surface area (Å²) < 4.78 is 5.67. The molecule has 1 heterocycles. The summed E-state index contributed by atoms with van der Waals surface area (Å²) in [5, 5.41) is 4.03. The first kappa shape index (κ1) is 13.1. The lowest BCUT2D eigenvalue weighted by atomic mass is 9.86. The van der Waals surface area contributed by atoms with Crippen LogP contribution in [0.3, 0.4) is 0 Å². The molecule has 2 nitrogen and oxygen atoms in total. The molecule has 0 saturated heterocycles. The third-order valence-electron chi connectivity index (χ3n) is 3.44. The Kier molecular flexibility index (Phi) is 3.93. The molecule has 0 fully saturated rings. The van der Waals surface area contributed by atoms with Crippen molar-refractivity contribution in [2.75, 3.05) is 12.5 Å². The molecule has 0 spiro atoms. The van der Waals surface area contributed by atoms with Crippen LogP contribution in [-0.2, 0) is 0 Å². The van der Waals surface area contributed by atoms with Gasteiger partial charge in [-0.3, -0.25) is 0 Å². The minimum absolute atomic E-state index is 0.169. The zero-order valence-electron chi connectivity index (χ0n) is 10.9.